The summed E-state index contributed by atoms with van der Waals surface area (Å²) in [4.78, 5) is 13.0. The highest BCUT2D eigenvalue weighted by Gasteiger charge is 2.17. The van der Waals surface area contributed by atoms with Crippen LogP contribution in [0.4, 0.5) is 0 Å². The van der Waals surface area contributed by atoms with Crippen molar-refractivity contribution in [2.24, 2.45) is 0 Å². The van der Waals surface area contributed by atoms with E-state index in [2.05, 4.69) is 10.3 Å². The number of thiophene rings is 1. The summed E-state index contributed by atoms with van der Waals surface area (Å²) in [7, 11) is 1.61. The minimum atomic E-state index is -0.0826. The molecule has 0 spiro atoms. The molecule has 3 rings (SSSR count). The lowest BCUT2D eigenvalue weighted by Crippen LogP contribution is -2.08. The summed E-state index contributed by atoms with van der Waals surface area (Å²) in [6.07, 6.45) is 1.48. The molecule has 6 heteroatoms. The zero-order valence-electron chi connectivity index (χ0n) is 10.7. The second kappa shape index (κ2) is 5.26. The van der Waals surface area contributed by atoms with E-state index in [4.69, 9.17) is 4.74 Å². The van der Waals surface area contributed by atoms with Gasteiger partial charge < -0.3 is 4.74 Å². The van der Waals surface area contributed by atoms with Crippen molar-refractivity contribution in [3.05, 3.63) is 58.5 Å². The quantitative estimate of drug-likeness (QED) is 0.691. The van der Waals surface area contributed by atoms with Crippen molar-refractivity contribution in [2.45, 2.75) is 0 Å². The number of ketones is 1. The molecule has 0 radical (unpaired) electrons. The van der Waals surface area contributed by atoms with Crippen LogP contribution in [0.3, 0.4) is 0 Å². The van der Waals surface area contributed by atoms with Crippen LogP contribution in [-0.2, 0) is 0 Å². The SMILES string of the molecule is COc1ccc(-n2nncc2C(=O)c2cccs2)cc1. The first-order valence-electron chi connectivity index (χ1n) is 5.93. The van der Waals surface area contributed by atoms with Crippen LogP contribution in [0.15, 0.2) is 48.0 Å². The molecule has 0 atom stereocenters. The number of ether oxygens (including phenoxy) is 1. The topological polar surface area (TPSA) is 57.0 Å². The molecule has 0 N–H and O–H groups in total. The van der Waals surface area contributed by atoms with Gasteiger partial charge in [0.2, 0.25) is 5.78 Å². The number of benzene rings is 1. The maximum Gasteiger partial charge on any atom is 0.223 e. The fraction of sp³-hybridized carbons (Fsp3) is 0.0714. The molecule has 3 aromatic rings. The minimum Gasteiger partial charge on any atom is -0.497 e. The van der Waals surface area contributed by atoms with Gasteiger partial charge in [-0.2, -0.15) is 0 Å². The van der Waals surface area contributed by atoms with E-state index >= 15 is 0 Å². The van der Waals surface area contributed by atoms with E-state index in [-0.39, 0.29) is 5.78 Å². The van der Waals surface area contributed by atoms with Crippen molar-refractivity contribution >= 4 is 17.1 Å². The van der Waals surface area contributed by atoms with Crippen LogP contribution < -0.4 is 4.74 Å². The van der Waals surface area contributed by atoms with Gasteiger partial charge in [-0.25, -0.2) is 4.68 Å². The zero-order chi connectivity index (χ0) is 13.9. The summed E-state index contributed by atoms with van der Waals surface area (Å²) < 4.78 is 6.64. The summed E-state index contributed by atoms with van der Waals surface area (Å²) in [6, 6.07) is 10.9. The Morgan fingerprint density at radius 2 is 2.05 bits per heavy atom. The normalized spacial score (nSPS) is 10.4. The van der Waals surface area contributed by atoms with E-state index < -0.39 is 0 Å². The number of carbonyl (C=O) groups excluding carboxylic acids is 1. The lowest BCUT2D eigenvalue weighted by Gasteiger charge is -2.05. The fourth-order valence-corrected chi connectivity index (χ4v) is 2.51. The van der Waals surface area contributed by atoms with Crippen molar-refractivity contribution < 1.29 is 9.53 Å². The van der Waals surface area contributed by atoms with Crippen LogP contribution in [0, 0.1) is 0 Å². The average molecular weight is 285 g/mol. The molecule has 2 heterocycles. The van der Waals surface area contributed by atoms with E-state index in [1.807, 2.05) is 35.7 Å². The number of carbonyl (C=O) groups is 1. The van der Waals surface area contributed by atoms with Crippen LogP contribution >= 0.6 is 11.3 Å². The van der Waals surface area contributed by atoms with E-state index in [1.165, 1.54) is 22.2 Å². The Balaban J connectivity index is 1.99. The molecular formula is C14H11N3O2S. The molecule has 0 unspecified atom stereocenters. The maximum atomic E-state index is 12.4. The van der Waals surface area contributed by atoms with Crippen LogP contribution in [0.1, 0.15) is 15.4 Å². The largest absolute Gasteiger partial charge is 0.497 e. The third kappa shape index (κ3) is 2.21. The molecule has 0 aliphatic carbocycles. The highest BCUT2D eigenvalue weighted by Crippen LogP contribution is 2.19. The molecule has 0 aliphatic heterocycles. The number of aromatic nitrogens is 3. The van der Waals surface area contributed by atoms with Crippen molar-refractivity contribution in [3.63, 3.8) is 0 Å². The molecule has 20 heavy (non-hydrogen) atoms. The van der Waals surface area contributed by atoms with Crippen LogP contribution in [0.5, 0.6) is 5.75 Å². The number of methoxy groups -OCH3 is 1. The maximum absolute atomic E-state index is 12.4. The standard InChI is InChI=1S/C14H11N3O2S/c1-19-11-6-4-10(5-7-11)17-12(9-15-16-17)14(18)13-3-2-8-20-13/h2-9H,1H3. The Morgan fingerprint density at radius 1 is 1.25 bits per heavy atom. The van der Waals surface area contributed by atoms with Gasteiger partial charge in [0.05, 0.1) is 23.9 Å². The molecule has 0 bridgehead atoms. The van der Waals surface area contributed by atoms with Gasteiger partial charge >= 0.3 is 0 Å². The van der Waals surface area contributed by atoms with E-state index in [1.54, 1.807) is 13.2 Å². The summed E-state index contributed by atoms with van der Waals surface area (Å²) in [5.41, 5.74) is 1.21. The summed E-state index contributed by atoms with van der Waals surface area (Å²) in [6.45, 7) is 0. The molecule has 1 aromatic carbocycles. The van der Waals surface area contributed by atoms with Gasteiger partial charge in [-0.15, -0.1) is 16.4 Å². The van der Waals surface area contributed by atoms with Crippen molar-refractivity contribution in [2.75, 3.05) is 7.11 Å². The van der Waals surface area contributed by atoms with E-state index in [9.17, 15) is 4.79 Å². The van der Waals surface area contributed by atoms with E-state index in [0.29, 0.717) is 10.6 Å². The zero-order valence-corrected chi connectivity index (χ0v) is 11.5. The third-order valence-corrected chi connectivity index (χ3v) is 3.71. The molecule has 0 saturated heterocycles. The fourth-order valence-electron chi connectivity index (χ4n) is 1.84. The highest BCUT2D eigenvalue weighted by atomic mass is 32.1. The molecule has 0 fully saturated rings. The Bertz CT molecular complexity index is 717. The highest BCUT2D eigenvalue weighted by molar-refractivity contribution is 7.12. The smallest absolute Gasteiger partial charge is 0.223 e. The van der Waals surface area contributed by atoms with Gasteiger partial charge in [0, 0.05) is 0 Å². The Kier molecular flexibility index (Phi) is 3.30. The molecular weight excluding hydrogens is 274 g/mol. The van der Waals surface area contributed by atoms with Gasteiger partial charge in [-0.05, 0) is 35.7 Å². The monoisotopic (exact) mass is 285 g/mol. The first-order valence-corrected chi connectivity index (χ1v) is 6.81. The second-order valence-electron chi connectivity index (χ2n) is 4.04. The number of hydrogen-bond acceptors (Lipinski definition) is 5. The Morgan fingerprint density at radius 3 is 2.70 bits per heavy atom. The number of rotatable bonds is 4. The summed E-state index contributed by atoms with van der Waals surface area (Å²) in [5.74, 6) is 0.667. The summed E-state index contributed by atoms with van der Waals surface area (Å²) in [5, 5.41) is 9.69. The third-order valence-electron chi connectivity index (χ3n) is 2.84. The average Bonchev–Trinajstić information content (AvgIpc) is 3.18. The van der Waals surface area contributed by atoms with Gasteiger partial charge in [-0.3, -0.25) is 4.79 Å². The minimum absolute atomic E-state index is 0.0826. The lowest BCUT2D eigenvalue weighted by molar-refractivity contribution is 0.103. The van der Waals surface area contributed by atoms with Crippen LogP contribution in [0.25, 0.3) is 5.69 Å². The molecule has 2 aromatic heterocycles. The lowest BCUT2D eigenvalue weighted by atomic mass is 10.2. The number of nitrogens with zero attached hydrogens (tertiary/aromatic N) is 3. The van der Waals surface area contributed by atoms with Crippen LogP contribution in [0.2, 0.25) is 0 Å². The van der Waals surface area contributed by atoms with Crippen molar-refractivity contribution in [1.29, 1.82) is 0 Å². The van der Waals surface area contributed by atoms with Crippen molar-refractivity contribution in [1.82, 2.24) is 15.0 Å². The Labute approximate surface area is 119 Å². The van der Waals surface area contributed by atoms with Crippen molar-refractivity contribution in [3.8, 4) is 11.4 Å². The predicted octanol–water partition coefficient (Wildman–Crippen LogP) is 2.57. The molecule has 5 nitrogen and oxygen atoms in total. The molecule has 100 valence electrons. The van der Waals surface area contributed by atoms with Gasteiger partial charge in [0.25, 0.3) is 0 Å². The second-order valence-corrected chi connectivity index (χ2v) is 4.98. The van der Waals surface area contributed by atoms with Gasteiger partial charge in [0.15, 0.2) is 0 Å². The van der Waals surface area contributed by atoms with Gasteiger partial charge in [-0.1, -0.05) is 11.3 Å². The molecule has 0 amide bonds. The first-order chi connectivity index (χ1) is 9.79. The Hall–Kier alpha value is -2.47. The van der Waals surface area contributed by atoms with Crippen LogP contribution in [-0.4, -0.2) is 27.9 Å². The first kappa shape index (κ1) is 12.6. The van der Waals surface area contributed by atoms with Gasteiger partial charge in [0.1, 0.15) is 11.4 Å². The molecule has 0 saturated carbocycles. The summed E-state index contributed by atoms with van der Waals surface area (Å²) >= 11 is 1.40. The predicted molar refractivity (Wildman–Crippen MR) is 75.7 cm³/mol. The number of hydrogen-bond donors (Lipinski definition) is 0. The van der Waals surface area contributed by atoms with E-state index in [0.717, 1.165) is 11.4 Å². The molecule has 0 aliphatic rings.